The van der Waals surface area contributed by atoms with Gasteiger partial charge in [0.1, 0.15) is 17.2 Å². The van der Waals surface area contributed by atoms with Crippen molar-refractivity contribution in [3.8, 4) is 17.2 Å². The molecule has 228 valence electrons. The molecule has 0 aliphatic carbocycles. The van der Waals surface area contributed by atoms with E-state index in [2.05, 4.69) is 5.11 Å². The lowest BCUT2D eigenvalue weighted by Crippen LogP contribution is -2.42. The number of carbonyl (C=O) groups is 2. The predicted molar refractivity (Wildman–Crippen MR) is 162 cm³/mol. The van der Waals surface area contributed by atoms with E-state index >= 15 is 0 Å². The van der Waals surface area contributed by atoms with Crippen LogP contribution >= 0.6 is 12.4 Å². The number of amides is 1. The summed E-state index contributed by atoms with van der Waals surface area (Å²) in [6.07, 6.45) is 3.45. The molecular formula is C31H46ClN3O6. The lowest BCUT2D eigenvalue weighted by atomic mass is 10.1. The molecule has 0 aliphatic rings. The van der Waals surface area contributed by atoms with Crippen LogP contribution in [0, 0.1) is 5.53 Å². The van der Waals surface area contributed by atoms with Gasteiger partial charge < -0.3 is 23.8 Å². The maximum Gasteiger partial charge on any atom is 0.305 e. The van der Waals surface area contributed by atoms with Crippen molar-refractivity contribution in [3.05, 3.63) is 53.6 Å². The Bertz CT molecular complexity index is 1050. The van der Waals surface area contributed by atoms with Crippen LogP contribution in [-0.4, -0.2) is 55.3 Å². The molecule has 0 spiro atoms. The van der Waals surface area contributed by atoms with Gasteiger partial charge in [-0.05, 0) is 90.1 Å². The summed E-state index contributed by atoms with van der Waals surface area (Å²) < 4.78 is 22.7. The van der Waals surface area contributed by atoms with Crippen molar-refractivity contribution in [1.29, 1.82) is 5.53 Å². The minimum Gasteiger partial charge on any atom is -0.494 e. The second-order valence-corrected chi connectivity index (χ2v) is 10.0. The molecule has 1 N–H and O–H groups in total. The largest absolute Gasteiger partial charge is 0.494 e. The Morgan fingerprint density at radius 1 is 0.829 bits per heavy atom. The molecule has 0 bridgehead atoms. The topological polar surface area (TPSA) is 111 Å². The quantitative estimate of drug-likeness (QED) is 0.105. The highest BCUT2D eigenvalue weighted by atomic mass is 35.5. The number of hydrogen-bond acceptors (Lipinski definition) is 8. The zero-order chi connectivity index (χ0) is 29.3. The molecule has 0 aromatic heterocycles. The molecule has 0 aliphatic heterocycles. The zero-order valence-corrected chi connectivity index (χ0v) is 25.8. The number of carbonyl (C=O) groups excluding carboxylic acids is 2. The average Bonchev–Trinajstić information content (AvgIpc) is 2.91. The van der Waals surface area contributed by atoms with Crippen LogP contribution in [0.15, 0.2) is 47.6 Å². The standard InChI is InChI=1S/C31H45N3O6.ClH/c1-6-37-30(35)11-10-20-40-29-21-27(16-17-28(29)31(36)34(23(2)3)24(4)5)39-19-9-7-8-18-38-26-14-12-25(13-15-26)22-33-32;/h12-17,21,23-24,32H,6-11,18-20,22H2,1-5H3;1H. The molecule has 41 heavy (non-hydrogen) atoms. The van der Waals surface area contributed by atoms with Gasteiger partial charge in [-0.3, -0.25) is 9.59 Å². The van der Waals surface area contributed by atoms with Crippen LogP contribution in [0.3, 0.4) is 0 Å². The lowest BCUT2D eigenvalue weighted by Gasteiger charge is -2.31. The Hall–Kier alpha value is -3.33. The van der Waals surface area contributed by atoms with Gasteiger partial charge in [-0.25, -0.2) is 5.53 Å². The first-order valence-corrected chi connectivity index (χ1v) is 14.2. The highest BCUT2D eigenvalue weighted by molar-refractivity contribution is 5.97. The van der Waals surface area contributed by atoms with E-state index in [1.165, 1.54) is 0 Å². The van der Waals surface area contributed by atoms with Crippen LogP contribution in [-0.2, 0) is 16.1 Å². The molecule has 9 nitrogen and oxygen atoms in total. The molecule has 2 aromatic rings. The normalized spacial score (nSPS) is 10.6. The van der Waals surface area contributed by atoms with Crippen molar-refractivity contribution >= 4 is 24.3 Å². The maximum absolute atomic E-state index is 13.4. The first kappa shape index (κ1) is 35.7. The van der Waals surface area contributed by atoms with E-state index in [0.717, 1.165) is 30.6 Å². The molecular weight excluding hydrogens is 546 g/mol. The van der Waals surface area contributed by atoms with Crippen molar-refractivity contribution in [3.63, 3.8) is 0 Å². The Balaban J connectivity index is 0.00000840. The van der Waals surface area contributed by atoms with Crippen molar-refractivity contribution in [2.75, 3.05) is 26.4 Å². The van der Waals surface area contributed by atoms with Crippen molar-refractivity contribution in [2.24, 2.45) is 5.11 Å². The molecule has 0 saturated carbocycles. The fourth-order valence-corrected chi connectivity index (χ4v) is 4.27. The van der Waals surface area contributed by atoms with Crippen molar-refractivity contribution < 1.29 is 28.5 Å². The zero-order valence-electron chi connectivity index (χ0n) is 25.0. The monoisotopic (exact) mass is 591 g/mol. The van der Waals surface area contributed by atoms with Gasteiger partial charge in [-0.1, -0.05) is 12.1 Å². The second-order valence-electron chi connectivity index (χ2n) is 10.0. The van der Waals surface area contributed by atoms with E-state index in [4.69, 9.17) is 24.5 Å². The summed E-state index contributed by atoms with van der Waals surface area (Å²) in [7, 11) is 0. The predicted octanol–water partition coefficient (Wildman–Crippen LogP) is 7.25. The van der Waals surface area contributed by atoms with Gasteiger partial charge in [0, 0.05) is 24.6 Å². The molecule has 10 heteroatoms. The smallest absolute Gasteiger partial charge is 0.305 e. The highest BCUT2D eigenvalue weighted by Crippen LogP contribution is 2.28. The van der Waals surface area contributed by atoms with E-state index in [9.17, 15) is 9.59 Å². The van der Waals surface area contributed by atoms with Gasteiger partial charge in [-0.2, -0.15) is 5.11 Å². The van der Waals surface area contributed by atoms with Crippen LogP contribution in [0.2, 0.25) is 0 Å². The van der Waals surface area contributed by atoms with Crippen molar-refractivity contribution in [2.45, 2.75) is 85.4 Å². The van der Waals surface area contributed by atoms with E-state index in [1.807, 2.05) is 56.9 Å². The summed E-state index contributed by atoms with van der Waals surface area (Å²) in [5.74, 6) is 1.54. The number of benzene rings is 2. The SMILES string of the molecule is CCOC(=O)CCCOc1cc(OCCCCCOc2ccc(CN=N)cc2)ccc1C(=O)N(C(C)C)C(C)C.Cl. The molecule has 0 heterocycles. The van der Waals surface area contributed by atoms with Gasteiger partial charge in [0.15, 0.2) is 0 Å². The minimum atomic E-state index is -0.259. The first-order valence-electron chi connectivity index (χ1n) is 14.2. The molecule has 0 fully saturated rings. The van der Waals surface area contributed by atoms with Crippen LogP contribution < -0.4 is 14.2 Å². The number of rotatable bonds is 19. The Labute approximate surface area is 250 Å². The van der Waals surface area contributed by atoms with E-state index in [1.54, 1.807) is 25.1 Å². The van der Waals surface area contributed by atoms with Crippen LogP contribution in [0.25, 0.3) is 0 Å². The average molecular weight is 592 g/mol. The molecule has 0 unspecified atom stereocenters. The summed E-state index contributed by atoms with van der Waals surface area (Å²) in [4.78, 5) is 26.9. The van der Waals surface area contributed by atoms with E-state index < -0.39 is 0 Å². The number of nitrogens with one attached hydrogen (secondary N) is 1. The highest BCUT2D eigenvalue weighted by Gasteiger charge is 2.25. The maximum atomic E-state index is 13.4. The number of hydrogen-bond donors (Lipinski definition) is 1. The lowest BCUT2D eigenvalue weighted by molar-refractivity contribution is -0.143. The number of unbranched alkanes of at least 4 members (excludes halogenated alkanes) is 2. The van der Waals surface area contributed by atoms with Gasteiger partial charge in [0.2, 0.25) is 0 Å². The van der Waals surface area contributed by atoms with Crippen molar-refractivity contribution in [1.82, 2.24) is 4.90 Å². The summed E-state index contributed by atoms with van der Waals surface area (Å²) in [6.45, 7) is 11.9. The third-order valence-corrected chi connectivity index (χ3v) is 6.13. The van der Waals surface area contributed by atoms with Gasteiger partial charge in [-0.15, -0.1) is 12.4 Å². The number of ether oxygens (including phenoxy) is 4. The molecule has 2 rings (SSSR count). The third kappa shape index (κ3) is 12.8. The number of esters is 1. The van der Waals surface area contributed by atoms with Crippen LogP contribution in [0.1, 0.15) is 82.6 Å². The third-order valence-electron chi connectivity index (χ3n) is 6.13. The van der Waals surface area contributed by atoms with Gasteiger partial charge >= 0.3 is 5.97 Å². The minimum absolute atomic E-state index is 0. The Morgan fingerprint density at radius 3 is 2.00 bits per heavy atom. The molecule has 0 radical (unpaired) electrons. The number of halogens is 1. The Kier molecular flexibility index (Phi) is 17.1. The first-order chi connectivity index (χ1) is 19.3. The molecule has 0 atom stereocenters. The number of nitrogens with zero attached hydrogens (tertiary/aromatic N) is 2. The fraction of sp³-hybridized carbons (Fsp3) is 0.548. The molecule has 0 saturated heterocycles. The summed E-state index contributed by atoms with van der Waals surface area (Å²) in [5, 5.41) is 3.38. The Morgan fingerprint density at radius 2 is 1.41 bits per heavy atom. The summed E-state index contributed by atoms with van der Waals surface area (Å²) in [5.41, 5.74) is 8.39. The molecule has 1 amide bonds. The fourth-order valence-electron chi connectivity index (χ4n) is 4.27. The second kappa shape index (κ2) is 19.7. The van der Waals surface area contributed by atoms with Crippen LogP contribution in [0.5, 0.6) is 17.2 Å². The van der Waals surface area contributed by atoms with Crippen LogP contribution in [0.4, 0.5) is 0 Å². The van der Waals surface area contributed by atoms with E-state index in [0.29, 0.717) is 49.8 Å². The summed E-state index contributed by atoms with van der Waals surface area (Å²) in [6, 6.07) is 13.0. The van der Waals surface area contributed by atoms with Gasteiger partial charge in [0.05, 0.1) is 38.5 Å². The van der Waals surface area contributed by atoms with E-state index in [-0.39, 0.29) is 49.4 Å². The molecule has 2 aromatic carbocycles. The van der Waals surface area contributed by atoms with Gasteiger partial charge in [0.25, 0.3) is 5.91 Å². The summed E-state index contributed by atoms with van der Waals surface area (Å²) >= 11 is 0.